The molecule has 0 radical (unpaired) electrons. The van der Waals surface area contributed by atoms with Gasteiger partial charge in [0, 0.05) is 22.7 Å². The normalized spacial score (nSPS) is 11.1. The molecule has 2 amide bonds. The maximum absolute atomic E-state index is 12.5. The zero-order valence-electron chi connectivity index (χ0n) is 17.6. The number of hydrogen-bond acceptors (Lipinski definition) is 6. The van der Waals surface area contributed by atoms with E-state index in [2.05, 4.69) is 20.9 Å². The maximum atomic E-state index is 12.5. The number of hydrogen-bond donors (Lipinski definition) is 4. The first-order chi connectivity index (χ1) is 15.2. The van der Waals surface area contributed by atoms with Gasteiger partial charge in [-0.25, -0.2) is 13.1 Å². The molecule has 0 saturated heterocycles. The second kappa shape index (κ2) is 10.4. The Labute approximate surface area is 191 Å². The van der Waals surface area contributed by atoms with E-state index in [4.69, 9.17) is 0 Å². The molecule has 0 bridgehead atoms. The first kappa shape index (κ1) is 23.5. The predicted molar refractivity (Wildman–Crippen MR) is 125 cm³/mol. The minimum Gasteiger partial charge on any atom is -0.376 e. The predicted octanol–water partition coefficient (Wildman–Crippen LogP) is 2.72. The third kappa shape index (κ3) is 6.39. The highest BCUT2D eigenvalue weighted by Crippen LogP contribution is 2.16. The van der Waals surface area contributed by atoms with E-state index in [0.29, 0.717) is 0 Å². The summed E-state index contributed by atoms with van der Waals surface area (Å²) >= 11 is 1.44. The molecule has 10 heteroatoms. The number of sulfonamides is 1. The molecule has 0 aliphatic carbocycles. The van der Waals surface area contributed by atoms with Crippen LogP contribution in [0, 0.1) is 13.8 Å². The standard InChI is InChI=1S/C22H24N4O4S2/c1-15-8-9-20(16(2)11-15)23-14-21(27)25-26-22(28)17-5-3-7-19(12-17)32(29,30)24-13-18-6-4-10-31-18/h3-12,23-24H,13-14H2,1-2H3,(H,25,27)(H,26,28). The monoisotopic (exact) mass is 472 g/mol. The van der Waals surface area contributed by atoms with Crippen LogP contribution in [0.1, 0.15) is 26.4 Å². The largest absolute Gasteiger partial charge is 0.376 e. The van der Waals surface area contributed by atoms with E-state index in [1.807, 2.05) is 49.6 Å². The Hall–Kier alpha value is -3.21. The van der Waals surface area contributed by atoms with Crippen LogP contribution in [0.4, 0.5) is 5.69 Å². The molecule has 168 valence electrons. The van der Waals surface area contributed by atoms with Crippen LogP contribution in [0.15, 0.2) is 64.9 Å². The summed E-state index contributed by atoms with van der Waals surface area (Å²) in [5.74, 6) is -1.07. The van der Waals surface area contributed by atoms with E-state index in [-0.39, 0.29) is 23.5 Å². The number of amides is 2. The molecule has 1 heterocycles. The summed E-state index contributed by atoms with van der Waals surface area (Å²) in [6, 6.07) is 15.1. The Balaban J connectivity index is 1.54. The van der Waals surface area contributed by atoms with Gasteiger partial charge >= 0.3 is 0 Å². The Kier molecular flexibility index (Phi) is 7.62. The number of carbonyl (C=O) groups is 2. The van der Waals surface area contributed by atoms with Gasteiger partial charge in [-0.2, -0.15) is 0 Å². The van der Waals surface area contributed by atoms with Crippen molar-refractivity contribution in [1.82, 2.24) is 15.6 Å². The molecule has 0 unspecified atom stereocenters. The summed E-state index contributed by atoms with van der Waals surface area (Å²) in [6.07, 6.45) is 0. The first-order valence-corrected chi connectivity index (χ1v) is 12.1. The lowest BCUT2D eigenvalue weighted by Gasteiger charge is -2.12. The van der Waals surface area contributed by atoms with Gasteiger partial charge in [0.05, 0.1) is 11.4 Å². The van der Waals surface area contributed by atoms with Crippen molar-refractivity contribution < 1.29 is 18.0 Å². The Morgan fingerprint density at radius 3 is 2.50 bits per heavy atom. The Morgan fingerprint density at radius 2 is 1.78 bits per heavy atom. The van der Waals surface area contributed by atoms with Crippen LogP contribution < -0.4 is 20.9 Å². The molecule has 2 aromatic carbocycles. The Bertz CT molecular complexity index is 1210. The van der Waals surface area contributed by atoms with Crippen molar-refractivity contribution in [3.8, 4) is 0 Å². The molecule has 0 aliphatic heterocycles. The number of hydrazine groups is 1. The number of benzene rings is 2. The average Bonchev–Trinajstić information content (AvgIpc) is 3.29. The van der Waals surface area contributed by atoms with Gasteiger partial charge in [-0.1, -0.05) is 29.8 Å². The highest BCUT2D eigenvalue weighted by molar-refractivity contribution is 7.89. The fraction of sp³-hybridized carbons (Fsp3) is 0.182. The van der Waals surface area contributed by atoms with Crippen molar-refractivity contribution in [3.05, 3.63) is 81.5 Å². The van der Waals surface area contributed by atoms with Crippen molar-refractivity contribution in [2.24, 2.45) is 0 Å². The number of carbonyl (C=O) groups excluding carboxylic acids is 2. The number of anilines is 1. The molecule has 1 aromatic heterocycles. The lowest BCUT2D eigenvalue weighted by atomic mass is 10.1. The zero-order valence-corrected chi connectivity index (χ0v) is 19.3. The average molecular weight is 473 g/mol. The van der Waals surface area contributed by atoms with Crippen LogP contribution in [0.5, 0.6) is 0 Å². The number of thiophene rings is 1. The van der Waals surface area contributed by atoms with Crippen molar-refractivity contribution in [2.45, 2.75) is 25.3 Å². The fourth-order valence-corrected chi connectivity index (χ4v) is 4.69. The van der Waals surface area contributed by atoms with Gasteiger partial charge in [-0.3, -0.25) is 20.4 Å². The molecule has 0 saturated carbocycles. The molecule has 0 aliphatic rings. The summed E-state index contributed by atoms with van der Waals surface area (Å²) in [5, 5.41) is 4.87. The molecule has 32 heavy (non-hydrogen) atoms. The molecule has 3 rings (SSSR count). The zero-order chi connectivity index (χ0) is 23.1. The van der Waals surface area contributed by atoms with Gasteiger partial charge in [-0.15, -0.1) is 11.3 Å². The Morgan fingerprint density at radius 1 is 0.969 bits per heavy atom. The molecule has 0 spiro atoms. The third-order valence-corrected chi connectivity index (χ3v) is 6.84. The van der Waals surface area contributed by atoms with E-state index in [9.17, 15) is 18.0 Å². The maximum Gasteiger partial charge on any atom is 0.269 e. The number of nitrogens with one attached hydrogen (secondary N) is 4. The van der Waals surface area contributed by atoms with Crippen LogP contribution in [-0.4, -0.2) is 26.8 Å². The van der Waals surface area contributed by atoms with Gasteiger partial charge in [0.25, 0.3) is 11.8 Å². The van der Waals surface area contributed by atoms with Gasteiger partial charge < -0.3 is 5.32 Å². The quantitative estimate of drug-likeness (QED) is 0.376. The summed E-state index contributed by atoms with van der Waals surface area (Å²) in [6.45, 7) is 4.05. The van der Waals surface area contributed by atoms with Crippen LogP contribution >= 0.6 is 11.3 Å². The lowest BCUT2D eigenvalue weighted by Crippen LogP contribution is -2.44. The topological polar surface area (TPSA) is 116 Å². The summed E-state index contributed by atoms with van der Waals surface area (Å²) in [4.78, 5) is 25.3. The van der Waals surface area contributed by atoms with Gasteiger partial charge in [0.1, 0.15) is 0 Å². The molecular formula is C22H24N4O4S2. The lowest BCUT2D eigenvalue weighted by molar-refractivity contribution is -0.120. The molecule has 0 fully saturated rings. The molecule has 0 atom stereocenters. The van der Waals surface area contributed by atoms with Gasteiger partial charge in [0.15, 0.2) is 0 Å². The van der Waals surface area contributed by atoms with Crippen LogP contribution in [0.2, 0.25) is 0 Å². The van der Waals surface area contributed by atoms with Gasteiger partial charge in [-0.05, 0) is 55.1 Å². The SMILES string of the molecule is Cc1ccc(NCC(=O)NNC(=O)c2cccc(S(=O)(=O)NCc3cccs3)c2)c(C)c1. The molecule has 3 aromatic rings. The van der Waals surface area contributed by atoms with Crippen LogP contribution in [0.25, 0.3) is 0 Å². The van der Waals surface area contributed by atoms with Crippen LogP contribution in [0.3, 0.4) is 0 Å². The first-order valence-electron chi connectivity index (χ1n) is 9.77. The molecule has 4 N–H and O–H groups in total. The van der Waals surface area contributed by atoms with Crippen molar-refractivity contribution >= 4 is 38.9 Å². The third-order valence-electron chi connectivity index (χ3n) is 4.56. The summed E-state index contributed by atoms with van der Waals surface area (Å²) < 4.78 is 27.5. The second-order valence-electron chi connectivity index (χ2n) is 7.11. The van der Waals surface area contributed by atoms with E-state index in [0.717, 1.165) is 21.7 Å². The van der Waals surface area contributed by atoms with E-state index in [1.54, 1.807) is 0 Å². The van der Waals surface area contributed by atoms with Crippen molar-refractivity contribution in [1.29, 1.82) is 0 Å². The van der Waals surface area contributed by atoms with E-state index < -0.39 is 21.8 Å². The second-order valence-corrected chi connectivity index (χ2v) is 9.91. The van der Waals surface area contributed by atoms with E-state index >= 15 is 0 Å². The smallest absolute Gasteiger partial charge is 0.269 e. The molecule has 8 nitrogen and oxygen atoms in total. The van der Waals surface area contributed by atoms with Crippen molar-refractivity contribution in [3.63, 3.8) is 0 Å². The van der Waals surface area contributed by atoms with Crippen LogP contribution in [-0.2, 0) is 21.4 Å². The summed E-state index contributed by atoms with van der Waals surface area (Å²) in [5.41, 5.74) is 7.67. The highest BCUT2D eigenvalue weighted by Gasteiger charge is 2.17. The number of rotatable bonds is 8. The summed E-state index contributed by atoms with van der Waals surface area (Å²) in [7, 11) is -3.79. The van der Waals surface area contributed by atoms with Gasteiger partial charge in [0.2, 0.25) is 10.0 Å². The minimum absolute atomic E-state index is 0.0365. The minimum atomic E-state index is -3.79. The molecular weight excluding hydrogens is 448 g/mol. The van der Waals surface area contributed by atoms with Crippen molar-refractivity contribution in [2.75, 3.05) is 11.9 Å². The van der Waals surface area contributed by atoms with E-state index in [1.165, 1.54) is 35.6 Å². The number of aryl methyl sites for hydroxylation is 2. The fourth-order valence-electron chi connectivity index (χ4n) is 2.90. The highest BCUT2D eigenvalue weighted by atomic mass is 32.2.